The molecule has 0 spiro atoms. The van der Waals surface area contributed by atoms with Crippen molar-refractivity contribution in [3.05, 3.63) is 0 Å². The Bertz CT molecular complexity index is 351. The van der Waals surface area contributed by atoms with Gasteiger partial charge in [-0.05, 0) is 0 Å². The van der Waals surface area contributed by atoms with Gasteiger partial charge in [-0.25, -0.2) is 4.79 Å². The molecule has 0 amide bonds. The van der Waals surface area contributed by atoms with Gasteiger partial charge in [-0.1, -0.05) is 0 Å². The number of hydrogen-bond donors (Lipinski definition) is 4. The number of hydrogen-bond acceptors (Lipinski definition) is 7. The zero-order chi connectivity index (χ0) is 14.2. The van der Waals surface area contributed by atoms with Crippen LogP contribution in [0.25, 0.3) is 0 Å². The van der Waals surface area contributed by atoms with E-state index in [9.17, 15) is 14.4 Å². The van der Waals surface area contributed by atoms with Gasteiger partial charge >= 0.3 is 47.5 Å². The first-order valence-electron chi connectivity index (χ1n) is 3.72. The van der Waals surface area contributed by atoms with Crippen LogP contribution in [0.5, 0.6) is 0 Å². The Labute approximate surface area is 122 Å². The number of rotatable bonds is 5. The zero-order valence-electron chi connectivity index (χ0n) is 9.10. The SMILES string of the molecule is O=C(O)CC(O)(CC(=O)O)C(=O)O.O=P(=O)[O-].[Na+]. The molecule has 0 fully saturated rings. The quantitative estimate of drug-likeness (QED) is 0.282. The molecule has 0 aliphatic heterocycles. The second-order valence-corrected chi connectivity index (χ2v) is 3.15. The minimum Gasteiger partial charge on any atom is -0.744 e. The van der Waals surface area contributed by atoms with Crippen molar-refractivity contribution in [2.45, 2.75) is 18.4 Å². The summed E-state index contributed by atoms with van der Waals surface area (Å²) in [7, 11) is -3.37. The number of carboxylic acids is 3. The Kier molecular flexibility index (Phi) is 12.7. The van der Waals surface area contributed by atoms with Crippen molar-refractivity contribution in [1.82, 2.24) is 0 Å². The van der Waals surface area contributed by atoms with Crippen LogP contribution in [0, 0.1) is 0 Å². The third kappa shape index (κ3) is 13.3. The minimum absolute atomic E-state index is 0. The monoisotopic (exact) mass is 294 g/mol. The number of aliphatic hydroxyl groups is 1. The molecule has 0 saturated carbocycles. The predicted octanol–water partition coefficient (Wildman–Crippen LogP) is -4.81. The fourth-order valence-electron chi connectivity index (χ4n) is 0.714. The van der Waals surface area contributed by atoms with Crippen LogP contribution in [-0.4, -0.2) is 43.9 Å². The van der Waals surface area contributed by atoms with Crippen LogP contribution in [0.3, 0.4) is 0 Å². The van der Waals surface area contributed by atoms with Gasteiger partial charge in [0.25, 0.3) is 0 Å². The average Bonchev–Trinajstić information content (AvgIpc) is 1.98. The van der Waals surface area contributed by atoms with Crippen molar-refractivity contribution in [3.8, 4) is 0 Å². The summed E-state index contributed by atoms with van der Waals surface area (Å²) < 4.78 is 17.0. The molecule has 0 rings (SSSR count). The van der Waals surface area contributed by atoms with E-state index in [1.54, 1.807) is 0 Å². The first-order chi connectivity index (χ1) is 7.51. The summed E-state index contributed by atoms with van der Waals surface area (Å²) in [6.07, 6.45) is -2.29. The van der Waals surface area contributed by atoms with Gasteiger partial charge in [0.05, 0.1) is 12.8 Å². The summed E-state index contributed by atoms with van der Waals surface area (Å²) in [5.41, 5.74) is -2.74. The topological polar surface area (TPSA) is 189 Å². The van der Waals surface area contributed by atoms with E-state index in [0.717, 1.165) is 0 Å². The van der Waals surface area contributed by atoms with Gasteiger partial charge in [0.2, 0.25) is 7.91 Å². The molecule has 0 aromatic rings. The maximum Gasteiger partial charge on any atom is 1.00 e. The molecule has 18 heavy (non-hydrogen) atoms. The van der Waals surface area contributed by atoms with Crippen LogP contribution in [0.1, 0.15) is 12.8 Å². The Balaban J connectivity index is -0.000000392. The van der Waals surface area contributed by atoms with Gasteiger partial charge in [0.1, 0.15) is 0 Å². The zero-order valence-corrected chi connectivity index (χ0v) is 12.0. The molecule has 0 bridgehead atoms. The summed E-state index contributed by atoms with van der Waals surface area (Å²) >= 11 is 0. The van der Waals surface area contributed by atoms with Gasteiger partial charge in [-0.3, -0.25) is 18.7 Å². The molecular formula is C6H8NaO10P. The second-order valence-electron chi connectivity index (χ2n) is 2.70. The maximum atomic E-state index is 10.3. The Morgan fingerprint density at radius 3 is 1.33 bits per heavy atom. The van der Waals surface area contributed by atoms with E-state index in [4.69, 9.17) is 34.4 Å². The van der Waals surface area contributed by atoms with E-state index >= 15 is 0 Å². The predicted molar refractivity (Wildman–Crippen MR) is 45.4 cm³/mol. The molecule has 0 aromatic heterocycles. The van der Waals surface area contributed by atoms with Crippen LogP contribution in [0.15, 0.2) is 0 Å². The normalized spacial score (nSPS) is 9.22. The number of carbonyl (C=O) groups is 3. The fourth-order valence-corrected chi connectivity index (χ4v) is 0.714. The molecule has 98 valence electrons. The molecule has 10 nitrogen and oxygen atoms in total. The third-order valence-electron chi connectivity index (χ3n) is 1.29. The fraction of sp³-hybridized carbons (Fsp3) is 0.500. The molecule has 0 radical (unpaired) electrons. The van der Waals surface area contributed by atoms with Crippen molar-refractivity contribution in [1.29, 1.82) is 0 Å². The van der Waals surface area contributed by atoms with E-state index < -0.39 is 44.3 Å². The second kappa shape index (κ2) is 10.2. The molecule has 0 aliphatic carbocycles. The summed E-state index contributed by atoms with van der Waals surface area (Å²) in [6, 6.07) is 0. The van der Waals surface area contributed by atoms with Crippen molar-refractivity contribution in [2.75, 3.05) is 0 Å². The van der Waals surface area contributed by atoms with E-state index in [1.165, 1.54) is 0 Å². The van der Waals surface area contributed by atoms with Crippen molar-refractivity contribution in [3.63, 3.8) is 0 Å². The molecule has 0 aliphatic rings. The van der Waals surface area contributed by atoms with Crippen LogP contribution in [0.4, 0.5) is 0 Å². The summed E-state index contributed by atoms with van der Waals surface area (Å²) in [6.45, 7) is 0. The Morgan fingerprint density at radius 2 is 1.22 bits per heavy atom. The van der Waals surface area contributed by atoms with Crippen molar-refractivity contribution >= 4 is 25.8 Å². The first-order valence-corrected chi connectivity index (χ1v) is 4.81. The first kappa shape index (κ1) is 22.4. The summed E-state index contributed by atoms with van der Waals surface area (Å²) in [5, 5.41) is 33.8. The molecule has 0 unspecified atom stereocenters. The van der Waals surface area contributed by atoms with Crippen LogP contribution in [0.2, 0.25) is 0 Å². The Morgan fingerprint density at radius 1 is 1.00 bits per heavy atom. The maximum absolute atomic E-state index is 10.3. The number of aliphatic carboxylic acids is 3. The molecule has 4 N–H and O–H groups in total. The average molecular weight is 294 g/mol. The van der Waals surface area contributed by atoms with Gasteiger partial charge in [0.15, 0.2) is 5.60 Å². The van der Waals surface area contributed by atoms with Crippen LogP contribution >= 0.6 is 7.91 Å². The minimum atomic E-state index is -3.37. The molecule has 0 atom stereocenters. The van der Waals surface area contributed by atoms with Crippen molar-refractivity contribution in [2.24, 2.45) is 0 Å². The van der Waals surface area contributed by atoms with Gasteiger partial charge < -0.3 is 25.3 Å². The Hall–Kier alpha value is -0.770. The number of carboxylic acid groups (broad SMARTS) is 3. The van der Waals surface area contributed by atoms with Gasteiger partial charge in [0, 0.05) is 0 Å². The molecule has 0 aromatic carbocycles. The van der Waals surface area contributed by atoms with Gasteiger partial charge in [-0.2, -0.15) is 0 Å². The summed E-state index contributed by atoms with van der Waals surface area (Å²) in [4.78, 5) is 39.0. The standard InChI is InChI=1S/C6H8O7.Na.HO3P/c7-3(8)1-6(13,5(11)12)2-4(9)10;;1-4(2)3/h13H,1-2H2,(H,7,8)(H,9,10)(H,11,12);;(H,1,2,3)/q;+1;/p-1. The van der Waals surface area contributed by atoms with E-state index in [-0.39, 0.29) is 29.6 Å². The van der Waals surface area contributed by atoms with Crippen LogP contribution < -0.4 is 34.5 Å². The van der Waals surface area contributed by atoms with E-state index in [0.29, 0.717) is 0 Å². The summed E-state index contributed by atoms with van der Waals surface area (Å²) in [5.74, 6) is -5.02. The van der Waals surface area contributed by atoms with Crippen LogP contribution in [-0.2, 0) is 23.5 Å². The van der Waals surface area contributed by atoms with E-state index in [2.05, 4.69) is 0 Å². The van der Waals surface area contributed by atoms with Crippen molar-refractivity contribution < 1.29 is 78.4 Å². The largest absolute Gasteiger partial charge is 1.00 e. The smallest absolute Gasteiger partial charge is 0.744 e. The molecule has 0 heterocycles. The van der Waals surface area contributed by atoms with Gasteiger partial charge in [-0.15, -0.1) is 0 Å². The third-order valence-corrected chi connectivity index (χ3v) is 1.29. The molecular weight excluding hydrogens is 286 g/mol. The molecule has 0 saturated heterocycles. The molecule has 12 heteroatoms. The van der Waals surface area contributed by atoms with E-state index in [1.807, 2.05) is 0 Å².